The number of likely N-dealkylation sites (tertiary alicyclic amines) is 1. The van der Waals surface area contributed by atoms with Gasteiger partial charge in [-0.2, -0.15) is 5.10 Å². The predicted octanol–water partition coefficient (Wildman–Crippen LogP) is 3.96. The van der Waals surface area contributed by atoms with Crippen LogP contribution in [0.3, 0.4) is 0 Å². The lowest BCUT2D eigenvalue weighted by atomic mass is 9.87. The molecule has 1 N–H and O–H groups in total. The highest BCUT2D eigenvalue weighted by atomic mass is 15.2. The molecule has 0 bridgehead atoms. The second-order valence-corrected chi connectivity index (χ2v) is 7.32. The molecule has 0 spiro atoms. The van der Waals surface area contributed by atoms with E-state index in [-0.39, 0.29) is 0 Å². The first-order valence-corrected chi connectivity index (χ1v) is 7.67. The van der Waals surface area contributed by atoms with E-state index in [9.17, 15) is 0 Å². The summed E-state index contributed by atoms with van der Waals surface area (Å²) in [5, 5.41) is 8.36. The molecule has 3 nitrogen and oxygen atoms in total. The van der Waals surface area contributed by atoms with Gasteiger partial charge in [-0.05, 0) is 42.9 Å². The Hall–Kier alpha value is -1.35. The Labute approximate surface area is 121 Å². The number of hydrogen-bond donors (Lipinski definition) is 1. The lowest BCUT2D eigenvalue weighted by Gasteiger charge is -2.30. The van der Waals surface area contributed by atoms with E-state index in [4.69, 9.17) is 0 Å². The summed E-state index contributed by atoms with van der Waals surface area (Å²) >= 11 is 0. The highest BCUT2D eigenvalue weighted by Crippen LogP contribution is 2.31. The van der Waals surface area contributed by atoms with Gasteiger partial charge in [0.2, 0.25) is 0 Å². The van der Waals surface area contributed by atoms with Crippen molar-refractivity contribution in [2.75, 3.05) is 6.54 Å². The zero-order valence-corrected chi connectivity index (χ0v) is 12.8. The maximum atomic E-state index is 4.10. The van der Waals surface area contributed by atoms with Gasteiger partial charge < -0.3 is 0 Å². The van der Waals surface area contributed by atoms with Crippen molar-refractivity contribution in [3.63, 3.8) is 0 Å². The molecule has 1 aliphatic rings. The smallest absolute Gasteiger partial charge is 0.0653 e. The summed E-state index contributed by atoms with van der Waals surface area (Å²) < 4.78 is 0. The fourth-order valence-corrected chi connectivity index (χ4v) is 3.36. The van der Waals surface area contributed by atoms with Crippen molar-refractivity contribution in [1.82, 2.24) is 15.1 Å². The molecule has 1 saturated heterocycles. The van der Waals surface area contributed by atoms with Crippen LogP contribution in [0, 0.1) is 5.41 Å². The van der Waals surface area contributed by atoms with E-state index in [1.807, 2.05) is 6.20 Å². The maximum absolute atomic E-state index is 4.10. The van der Waals surface area contributed by atoms with Crippen LogP contribution in [0.15, 0.2) is 24.4 Å². The zero-order valence-electron chi connectivity index (χ0n) is 12.8. The van der Waals surface area contributed by atoms with Crippen molar-refractivity contribution in [2.45, 2.75) is 52.6 Å². The molecule has 0 saturated carbocycles. The molecule has 3 heteroatoms. The van der Waals surface area contributed by atoms with Crippen LogP contribution < -0.4 is 0 Å². The van der Waals surface area contributed by atoms with Crippen molar-refractivity contribution >= 4 is 10.9 Å². The second-order valence-electron chi connectivity index (χ2n) is 7.32. The van der Waals surface area contributed by atoms with Gasteiger partial charge in [-0.25, -0.2) is 0 Å². The van der Waals surface area contributed by atoms with Crippen LogP contribution >= 0.6 is 0 Å². The molecule has 1 atom stereocenters. The van der Waals surface area contributed by atoms with Crippen LogP contribution in [0.25, 0.3) is 10.9 Å². The Bertz CT molecular complexity index is 579. The highest BCUT2D eigenvalue weighted by molar-refractivity contribution is 5.78. The van der Waals surface area contributed by atoms with Crippen molar-refractivity contribution < 1.29 is 0 Å². The summed E-state index contributed by atoms with van der Waals surface area (Å²) in [5.74, 6) is 0. The minimum absolute atomic E-state index is 0.417. The normalized spacial score (nSPS) is 20.9. The van der Waals surface area contributed by atoms with Crippen LogP contribution in [0.2, 0.25) is 0 Å². The summed E-state index contributed by atoms with van der Waals surface area (Å²) in [6.45, 7) is 9.35. The van der Waals surface area contributed by atoms with Crippen LogP contribution in [0.1, 0.15) is 45.6 Å². The first-order valence-electron chi connectivity index (χ1n) is 7.67. The lowest BCUT2D eigenvalue weighted by Crippen LogP contribution is -2.32. The molecular weight excluding hydrogens is 246 g/mol. The largest absolute Gasteiger partial charge is 0.296 e. The average Bonchev–Trinajstić information content (AvgIpc) is 2.97. The number of H-pyrrole nitrogens is 1. The summed E-state index contributed by atoms with van der Waals surface area (Å²) in [5.41, 5.74) is 2.96. The van der Waals surface area contributed by atoms with E-state index in [1.54, 1.807) is 0 Å². The summed E-state index contributed by atoms with van der Waals surface area (Å²) in [6.07, 6.45) is 5.87. The van der Waals surface area contributed by atoms with E-state index in [0.29, 0.717) is 5.41 Å². The molecule has 2 aromatic rings. The molecule has 0 amide bonds. The standard InChI is InChI=1S/C17H25N3/c1-17(2,3)10-15-5-4-8-20(15)12-13-6-7-14-11-18-19-16(14)9-13/h6-7,9,11,15H,4-5,8,10,12H2,1-3H3,(H,18,19). The van der Waals surface area contributed by atoms with E-state index >= 15 is 0 Å². The van der Waals surface area contributed by atoms with Gasteiger partial charge in [0.05, 0.1) is 11.7 Å². The predicted molar refractivity (Wildman–Crippen MR) is 83.6 cm³/mol. The highest BCUT2D eigenvalue weighted by Gasteiger charge is 2.28. The Morgan fingerprint density at radius 3 is 3.00 bits per heavy atom. The third-order valence-corrected chi connectivity index (χ3v) is 4.24. The summed E-state index contributed by atoms with van der Waals surface area (Å²) in [7, 11) is 0. The van der Waals surface area contributed by atoms with Gasteiger partial charge in [0.15, 0.2) is 0 Å². The minimum atomic E-state index is 0.417. The fraction of sp³-hybridized carbons (Fsp3) is 0.588. The van der Waals surface area contributed by atoms with Crippen molar-refractivity contribution in [3.8, 4) is 0 Å². The fourth-order valence-electron chi connectivity index (χ4n) is 3.36. The number of nitrogens with zero attached hydrogens (tertiary/aromatic N) is 2. The SMILES string of the molecule is CC(C)(C)CC1CCCN1Cc1ccc2cn[nH]c2c1. The number of aromatic nitrogens is 2. The van der Waals surface area contributed by atoms with Crippen LogP contribution in [-0.2, 0) is 6.54 Å². The number of hydrogen-bond acceptors (Lipinski definition) is 2. The molecule has 1 aromatic carbocycles. The quantitative estimate of drug-likeness (QED) is 0.916. The van der Waals surface area contributed by atoms with Gasteiger partial charge in [-0.3, -0.25) is 10.00 Å². The van der Waals surface area contributed by atoms with E-state index in [1.165, 1.54) is 36.8 Å². The maximum Gasteiger partial charge on any atom is 0.0653 e. The van der Waals surface area contributed by atoms with Crippen LogP contribution in [-0.4, -0.2) is 27.7 Å². The molecule has 2 heterocycles. The number of fused-ring (bicyclic) bond motifs is 1. The molecule has 3 rings (SSSR count). The summed E-state index contributed by atoms with van der Waals surface area (Å²) in [4.78, 5) is 2.66. The molecule has 108 valence electrons. The summed E-state index contributed by atoms with van der Waals surface area (Å²) in [6, 6.07) is 7.40. The van der Waals surface area contributed by atoms with Gasteiger partial charge in [0.25, 0.3) is 0 Å². The van der Waals surface area contributed by atoms with Crippen molar-refractivity contribution in [3.05, 3.63) is 30.0 Å². The molecule has 1 fully saturated rings. The Morgan fingerprint density at radius 2 is 2.20 bits per heavy atom. The van der Waals surface area contributed by atoms with Gasteiger partial charge in [-0.1, -0.05) is 32.9 Å². The average molecular weight is 271 g/mol. The Balaban J connectivity index is 1.72. The third kappa shape index (κ3) is 3.04. The monoisotopic (exact) mass is 271 g/mol. The zero-order chi connectivity index (χ0) is 14.2. The van der Waals surface area contributed by atoms with Crippen molar-refractivity contribution in [1.29, 1.82) is 0 Å². The molecule has 1 unspecified atom stereocenters. The van der Waals surface area contributed by atoms with Gasteiger partial charge in [-0.15, -0.1) is 0 Å². The van der Waals surface area contributed by atoms with Gasteiger partial charge in [0.1, 0.15) is 0 Å². The first-order chi connectivity index (χ1) is 9.51. The third-order valence-electron chi connectivity index (χ3n) is 4.24. The van der Waals surface area contributed by atoms with Crippen molar-refractivity contribution in [2.24, 2.45) is 5.41 Å². The Morgan fingerprint density at radius 1 is 1.35 bits per heavy atom. The number of benzene rings is 1. The topological polar surface area (TPSA) is 31.9 Å². The Kier molecular flexibility index (Phi) is 3.55. The van der Waals surface area contributed by atoms with E-state index < -0.39 is 0 Å². The molecule has 1 aliphatic heterocycles. The molecular formula is C17H25N3. The van der Waals surface area contributed by atoms with Crippen LogP contribution in [0.5, 0.6) is 0 Å². The molecule has 0 aliphatic carbocycles. The molecule has 0 radical (unpaired) electrons. The first kappa shape index (κ1) is 13.6. The number of rotatable bonds is 3. The van der Waals surface area contributed by atoms with E-state index in [0.717, 1.165) is 18.1 Å². The van der Waals surface area contributed by atoms with Crippen LogP contribution in [0.4, 0.5) is 0 Å². The van der Waals surface area contributed by atoms with Gasteiger partial charge in [0, 0.05) is 18.0 Å². The second kappa shape index (κ2) is 5.21. The minimum Gasteiger partial charge on any atom is -0.296 e. The van der Waals surface area contributed by atoms with Gasteiger partial charge >= 0.3 is 0 Å². The molecule has 20 heavy (non-hydrogen) atoms. The molecule has 1 aromatic heterocycles. The lowest BCUT2D eigenvalue weighted by molar-refractivity contribution is 0.185. The number of aromatic amines is 1. The number of nitrogens with one attached hydrogen (secondary N) is 1. The van der Waals surface area contributed by atoms with E-state index in [2.05, 4.69) is 54.1 Å².